The maximum absolute atomic E-state index is 14.1. The standard InChI is InChI=1S/C16H21ClFN3/c1-3-5-9-21-14(6-4-2)20-15(16(21)19)12-10-11(17)7-8-13(12)18/h7-8,10H,3-6,9,19H2,1-2H3. The van der Waals surface area contributed by atoms with Gasteiger partial charge in [-0.15, -0.1) is 0 Å². The van der Waals surface area contributed by atoms with Crippen LogP contribution in [0.4, 0.5) is 10.2 Å². The minimum atomic E-state index is -0.353. The van der Waals surface area contributed by atoms with Gasteiger partial charge in [-0.2, -0.15) is 0 Å². The average Bonchev–Trinajstić information content (AvgIpc) is 2.76. The Balaban J connectivity index is 2.51. The predicted octanol–water partition coefficient (Wildman–Crippen LogP) is 4.68. The number of hydrogen-bond donors (Lipinski definition) is 1. The minimum absolute atomic E-state index is 0.353. The zero-order valence-corrected chi connectivity index (χ0v) is 13.3. The fraction of sp³-hybridized carbons (Fsp3) is 0.438. The average molecular weight is 310 g/mol. The van der Waals surface area contributed by atoms with E-state index >= 15 is 0 Å². The van der Waals surface area contributed by atoms with E-state index in [-0.39, 0.29) is 5.82 Å². The number of halogens is 2. The van der Waals surface area contributed by atoms with Gasteiger partial charge in [0, 0.05) is 23.6 Å². The van der Waals surface area contributed by atoms with Crippen LogP contribution in [0.3, 0.4) is 0 Å². The van der Waals surface area contributed by atoms with E-state index in [0.717, 1.165) is 38.1 Å². The molecule has 2 N–H and O–H groups in total. The zero-order chi connectivity index (χ0) is 15.4. The Labute approximate surface area is 129 Å². The highest BCUT2D eigenvalue weighted by Gasteiger charge is 2.18. The Bertz CT molecular complexity index is 622. The summed E-state index contributed by atoms with van der Waals surface area (Å²) in [5, 5.41) is 0.478. The van der Waals surface area contributed by atoms with Crippen LogP contribution in [0.2, 0.25) is 5.02 Å². The number of nitrogen functional groups attached to an aromatic ring is 1. The van der Waals surface area contributed by atoms with Crippen molar-refractivity contribution < 1.29 is 4.39 Å². The van der Waals surface area contributed by atoms with E-state index in [0.29, 0.717) is 22.1 Å². The van der Waals surface area contributed by atoms with Crippen molar-refractivity contribution in [1.82, 2.24) is 9.55 Å². The van der Waals surface area contributed by atoms with E-state index in [2.05, 4.69) is 18.8 Å². The Morgan fingerprint density at radius 2 is 2.05 bits per heavy atom. The fourth-order valence-corrected chi connectivity index (χ4v) is 2.54. The van der Waals surface area contributed by atoms with Crippen LogP contribution in [-0.4, -0.2) is 9.55 Å². The van der Waals surface area contributed by atoms with Crippen molar-refractivity contribution in [3.05, 3.63) is 34.9 Å². The topological polar surface area (TPSA) is 43.8 Å². The highest BCUT2D eigenvalue weighted by molar-refractivity contribution is 6.30. The lowest BCUT2D eigenvalue weighted by Gasteiger charge is -2.08. The number of anilines is 1. The number of imidazole rings is 1. The molecule has 0 atom stereocenters. The van der Waals surface area contributed by atoms with Gasteiger partial charge in [0.15, 0.2) is 0 Å². The SMILES string of the molecule is CCCCn1c(CCC)nc(-c2cc(Cl)ccc2F)c1N. The van der Waals surface area contributed by atoms with Gasteiger partial charge in [0.25, 0.3) is 0 Å². The third-order valence-corrected chi connectivity index (χ3v) is 3.71. The molecular formula is C16H21ClFN3. The molecule has 5 heteroatoms. The van der Waals surface area contributed by atoms with Gasteiger partial charge in [0.1, 0.15) is 23.2 Å². The van der Waals surface area contributed by atoms with E-state index < -0.39 is 0 Å². The Hall–Kier alpha value is -1.55. The van der Waals surface area contributed by atoms with Crippen molar-refractivity contribution >= 4 is 17.4 Å². The van der Waals surface area contributed by atoms with Gasteiger partial charge in [-0.05, 0) is 31.0 Å². The molecule has 0 spiro atoms. The molecule has 3 nitrogen and oxygen atoms in total. The molecule has 0 saturated carbocycles. The smallest absolute Gasteiger partial charge is 0.132 e. The molecule has 0 saturated heterocycles. The van der Waals surface area contributed by atoms with E-state index in [1.54, 1.807) is 6.07 Å². The van der Waals surface area contributed by atoms with Crippen molar-refractivity contribution in [2.24, 2.45) is 0 Å². The number of unbranched alkanes of at least 4 members (excludes halogenated alkanes) is 1. The van der Waals surface area contributed by atoms with Crippen molar-refractivity contribution in [3.8, 4) is 11.3 Å². The van der Waals surface area contributed by atoms with Crippen LogP contribution in [0.25, 0.3) is 11.3 Å². The van der Waals surface area contributed by atoms with Crippen molar-refractivity contribution in [3.63, 3.8) is 0 Å². The molecule has 1 aromatic heterocycles. The number of rotatable bonds is 6. The maximum atomic E-state index is 14.1. The van der Waals surface area contributed by atoms with Crippen LogP contribution in [0.15, 0.2) is 18.2 Å². The monoisotopic (exact) mass is 309 g/mol. The lowest BCUT2D eigenvalue weighted by molar-refractivity contribution is 0.604. The first-order chi connectivity index (χ1) is 10.1. The number of benzene rings is 1. The van der Waals surface area contributed by atoms with E-state index in [4.69, 9.17) is 17.3 Å². The quantitative estimate of drug-likeness (QED) is 0.842. The molecular weight excluding hydrogens is 289 g/mol. The summed E-state index contributed by atoms with van der Waals surface area (Å²) >= 11 is 5.97. The first-order valence-corrected chi connectivity index (χ1v) is 7.76. The van der Waals surface area contributed by atoms with Gasteiger partial charge in [-0.25, -0.2) is 9.37 Å². The number of aryl methyl sites for hydroxylation is 1. The zero-order valence-electron chi connectivity index (χ0n) is 12.5. The first kappa shape index (κ1) is 15.8. The summed E-state index contributed by atoms with van der Waals surface area (Å²) in [7, 11) is 0. The van der Waals surface area contributed by atoms with Crippen LogP contribution >= 0.6 is 11.6 Å². The van der Waals surface area contributed by atoms with Crippen LogP contribution in [0.1, 0.15) is 38.9 Å². The van der Waals surface area contributed by atoms with Crippen LogP contribution in [0.5, 0.6) is 0 Å². The van der Waals surface area contributed by atoms with Gasteiger partial charge >= 0.3 is 0 Å². The third kappa shape index (κ3) is 3.38. The number of nitrogens with zero attached hydrogens (tertiary/aromatic N) is 2. The second kappa shape index (κ2) is 6.94. The van der Waals surface area contributed by atoms with Gasteiger partial charge in [-0.3, -0.25) is 0 Å². The predicted molar refractivity (Wildman–Crippen MR) is 85.9 cm³/mol. The first-order valence-electron chi connectivity index (χ1n) is 7.38. The minimum Gasteiger partial charge on any atom is -0.383 e. The highest BCUT2D eigenvalue weighted by Crippen LogP contribution is 2.31. The van der Waals surface area contributed by atoms with Crippen LogP contribution in [0, 0.1) is 5.82 Å². The maximum Gasteiger partial charge on any atom is 0.132 e. The number of hydrogen-bond acceptors (Lipinski definition) is 2. The number of aromatic nitrogens is 2. The van der Waals surface area contributed by atoms with Gasteiger partial charge in [0.05, 0.1) is 0 Å². The Morgan fingerprint density at radius 1 is 1.29 bits per heavy atom. The molecule has 114 valence electrons. The van der Waals surface area contributed by atoms with Gasteiger partial charge in [0.2, 0.25) is 0 Å². The fourth-order valence-electron chi connectivity index (χ4n) is 2.37. The molecule has 0 aliphatic carbocycles. The Morgan fingerprint density at radius 3 is 2.71 bits per heavy atom. The molecule has 0 unspecified atom stereocenters. The van der Waals surface area contributed by atoms with Crippen LogP contribution in [-0.2, 0) is 13.0 Å². The van der Waals surface area contributed by atoms with E-state index in [9.17, 15) is 4.39 Å². The second-order valence-electron chi connectivity index (χ2n) is 5.14. The molecule has 1 aromatic carbocycles. The largest absolute Gasteiger partial charge is 0.383 e. The summed E-state index contributed by atoms with van der Waals surface area (Å²) in [6.45, 7) is 5.03. The summed E-state index contributed by atoms with van der Waals surface area (Å²) in [4.78, 5) is 4.56. The van der Waals surface area contributed by atoms with Gasteiger partial charge < -0.3 is 10.3 Å². The lowest BCUT2D eigenvalue weighted by Crippen LogP contribution is -2.07. The van der Waals surface area contributed by atoms with Crippen molar-refractivity contribution in [2.45, 2.75) is 46.1 Å². The lowest BCUT2D eigenvalue weighted by atomic mass is 10.1. The summed E-state index contributed by atoms with van der Waals surface area (Å²) in [6, 6.07) is 4.45. The van der Waals surface area contributed by atoms with Gasteiger partial charge in [-0.1, -0.05) is 31.9 Å². The van der Waals surface area contributed by atoms with E-state index in [1.807, 2.05) is 4.57 Å². The normalized spacial score (nSPS) is 11.0. The van der Waals surface area contributed by atoms with Crippen LogP contribution < -0.4 is 5.73 Å². The molecule has 0 radical (unpaired) electrons. The third-order valence-electron chi connectivity index (χ3n) is 3.48. The molecule has 2 aromatic rings. The molecule has 0 aliphatic heterocycles. The molecule has 0 aliphatic rings. The summed E-state index contributed by atoms with van der Waals surface area (Å²) in [5.41, 5.74) is 7.08. The molecule has 21 heavy (non-hydrogen) atoms. The molecule has 0 fully saturated rings. The van der Waals surface area contributed by atoms with Crippen molar-refractivity contribution in [2.75, 3.05) is 5.73 Å². The second-order valence-corrected chi connectivity index (χ2v) is 5.58. The van der Waals surface area contributed by atoms with E-state index in [1.165, 1.54) is 12.1 Å². The number of nitrogens with two attached hydrogens (primary N) is 1. The van der Waals surface area contributed by atoms with Crippen molar-refractivity contribution in [1.29, 1.82) is 0 Å². The molecule has 2 rings (SSSR count). The summed E-state index contributed by atoms with van der Waals surface area (Å²) < 4.78 is 16.1. The Kier molecular flexibility index (Phi) is 5.23. The molecule has 0 bridgehead atoms. The molecule has 1 heterocycles. The molecule has 0 amide bonds. The summed E-state index contributed by atoms with van der Waals surface area (Å²) in [6.07, 6.45) is 3.90. The summed E-state index contributed by atoms with van der Waals surface area (Å²) in [5.74, 6) is 1.08. The highest BCUT2D eigenvalue weighted by atomic mass is 35.5.